The third kappa shape index (κ3) is 0.991. The van der Waals surface area contributed by atoms with Crippen LogP contribution in [0.25, 0.3) is 0 Å². The topological polar surface area (TPSA) is 47.9 Å². The molecular formula is CH4O4PS+. The molecule has 1 heterocycles. The molecule has 1 saturated heterocycles. The third-order valence-corrected chi connectivity index (χ3v) is 3.19. The zero-order valence-corrected chi connectivity index (χ0v) is 5.24. The zero-order chi connectivity index (χ0) is 5.33. The number of rotatable bonds is 0. The van der Waals surface area contributed by atoms with Crippen molar-refractivity contribution < 1.29 is 19.3 Å². The lowest BCUT2D eigenvalue weighted by atomic mass is 12.0. The Kier molecular flexibility index (Phi) is 1.43. The lowest BCUT2D eigenvalue weighted by molar-refractivity contribution is -0.488. The molecule has 0 amide bonds. The quantitative estimate of drug-likeness (QED) is 0.300. The highest BCUT2D eigenvalue weighted by molar-refractivity contribution is 8.17. The summed E-state index contributed by atoms with van der Waals surface area (Å²) in [6.07, 6.45) is 1.68. The lowest BCUT2D eigenvalue weighted by Gasteiger charge is -2.11. The van der Waals surface area contributed by atoms with Gasteiger partial charge in [-0.1, -0.05) is 9.35 Å². The Bertz CT molecular complexity index is 113. The average Bonchev–Trinajstić information content (AvgIpc) is 1.61. The molecule has 42 valence electrons. The summed E-state index contributed by atoms with van der Waals surface area (Å²) < 4.78 is 8.35. The minimum Gasteiger partial charge on any atom is -0.286 e. The molecule has 1 rings (SSSR count). The van der Waals surface area contributed by atoms with Gasteiger partial charge in [0.05, 0.1) is 0 Å². The molecule has 1 aliphatic rings. The van der Waals surface area contributed by atoms with Gasteiger partial charge in [-0.25, -0.2) is 0 Å². The van der Waals surface area contributed by atoms with Crippen LogP contribution in [-0.4, -0.2) is 11.1 Å². The van der Waals surface area contributed by atoms with Gasteiger partial charge in [0.1, 0.15) is 0 Å². The van der Waals surface area contributed by atoms with Crippen molar-refractivity contribution in [1.82, 2.24) is 0 Å². The van der Waals surface area contributed by atoms with Crippen molar-refractivity contribution in [2.45, 2.75) is 0 Å². The van der Waals surface area contributed by atoms with Crippen LogP contribution in [0.15, 0.2) is 0 Å². The molecule has 7 heavy (non-hydrogen) atoms. The summed E-state index contributed by atoms with van der Waals surface area (Å²) in [5.41, 5.74) is 0. The highest BCUT2D eigenvalue weighted by Gasteiger charge is 2.42. The molecule has 6 heteroatoms. The van der Waals surface area contributed by atoms with Gasteiger partial charge in [0.15, 0.2) is 6.26 Å². The highest BCUT2D eigenvalue weighted by Crippen LogP contribution is 2.54. The second-order valence-corrected chi connectivity index (χ2v) is 4.95. The molecule has 1 fully saturated rings. The van der Waals surface area contributed by atoms with Crippen molar-refractivity contribution in [3.8, 4) is 0 Å². The van der Waals surface area contributed by atoms with Crippen LogP contribution in [0, 0.1) is 0 Å². The van der Waals surface area contributed by atoms with Crippen molar-refractivity contribution in [2.75, 3.05) is 6.26 Å². The fourth-order valence-corrected chi connectivity index (χ4v) is 0.944. The summed E-state index contributed by atoms with van der Waals surface area (Å²) >= 11 is 0. The fourth-order valence-electron chi connectivity index (χ4n) is 0.143. The van der Waals surface area contributed by atoms with Crippen molar-refractivity contribution in [3.63, 3.8) is 0 Å². The van der Waals surface area contributed by atoms with E-state index in [1.807, 2.05) is 0 Å². The van der Waals surface area contributed by atoms with Crippen molar-refractivity contribution in [1.29, 1.82) is 0 Å². The predicted molar refractivity (Wildman–Crippen MR) is 25.7 cm³/mol. The first kappa shape index (κ1) is 5.62. The van der Waals surface area contributed by atoms with Gasteiger partial charge in [-0.2, -0.15) is 0 Å². The van der Waals surface area contributed by atoms with Crippen LogP contribution < -0.4 is 0 Å². The van der Waals surface area contributed by atoms with Crippen molar-refractivity contribution in [2.24, 2.45) is 0 Å². The summed E-state index contributed by atoms with van der Waals surface area (Å²) in [4.78, 5) is 8.72. The zero-order valence-electron chi connectivity index (χ0n) is 3.53. The van der Waals surface area contributed by atoms with E-state index < -0.39 is 6.72 Å². The Balaban J connectivity index is 2.61. The Morgan fingerprint density at radius 1 is 1.57 bits per heavy atom. The van der Waals surface area contributed by atoms with E-state index in [9.17, 15) is 0 Å². The van der Waals surface area contributed by atoms with Crippen LogP contribution in [0.2, 0.25) is 0 Å². The molecule has 0 aromatic rings. The monoisotopic (exact) mass is 143 g/mol. The van der Waals surface area contributed by atoms with E-state index in [2.05, 4.69) is 14.4 Å². The van der Waals surface area contributed by atoms with E-state index >= 15 is 0 Å². The molecule has 0 atom stereocenters. The second kappa shape index (κ2) is 1.78. The van der Waals surface area contributed by atoms with E-state index in [4.69, 9.17) is 4.89 Å². The molecule has 1 aliphatic heterocycles. The molecule has 0 aromatic carbocycles. The minimum absolute atomic E-state index is 1.11. The van der Waals surface area contributed by atoms with Gasteiger partial charge in [0.25, 0.3) is 0 Å². The van der Waals surface area contributed by atoms with E-state index in [-0.39, 0.29) is 0 Å². The fraction of sp³-hybridized carbons (Fsp3) is 1.00. The van der Waals surface area contributed by atoms with Gasteiger partial charge in [-0.05, 0) is 5.04 Å². The summed E-state index contributed by atoms with van der Waals surface area (Å²) in [5, 5.41) is 3.81. The Hall–Kier alpha value is 0.490. The van der Waals surface area contributed by atoms with Gasteiger partial charge in [-0.3, -0.25) is 4.89 Å². The summed E-state index contributed by atoms with van der Waals surface area (Å²) in [7, 11) is 1.11. The Morgan fingerprint density at radius 2 is 2.14 bits per heavy atom. The molecule has 0 aromatic heterocycles. The van der Waals surface area contributed by atoms with Gasteiger partial charge < -0.3 is 0 Å². The maximum atomic E-state index is 8.72. The molecular weight excluding hydrogens is 139 g/mol. The smallest absolute Gasteiger partial charge is 0.286 e. The van der Waals surface area contributed by atoms with Crippen LogP contribution in [0.3, 0.4) is 0 Å². The molecule has 0 aliphatic carbocycles. The highest BCUT2D eigenvalue weighted by atomic mass is 32.5. The molecule has 0 bridgehead atoms. The molecule has 0 unspecified atom stereocenters. The summed E-state index contributed by atoms with van der Waals surface area (Å²) in [5.74, 6) is 0. The van der Waals surface area contributed by atoms with Crippen molar-refractivity contribution >= 4 is 17.7 Å². The summed E-state index contributed by atoms with van der Waals surface area (Å²) in [6.45, 7) is -2.53. The standard InChI is InChI=1S/CH4O4PS/c1-7-6(2)4-3-5-6/h2H,1H3/q+1. The maximum absolute atomic E-state index is 8.72. The number of hydrogen-bond acceptors (Lipinski definition) is 3. The van der Waals surface area contributed by atoms with Gasteiger partial charge in [0.2, 0.25) is 10.9 Å². The SMILES string of the molecule is C[S+]=P1(O)OOO1. The number of hydrogen-bond donors (Lipinski definition) is 1. The van der Waals surface area contributed by atoms with Crippen LogP contribution in [0.4, 0.5) is 0 Å². The predicted octanol–water partition coefficient (Wildman–Crippen LogP) is 0.262. The normalized spacial score (nSPS) is 26.0. The van der Waals surface area contributed by atoms with Gasteiger partial charge >= 0.3 is 6.72 Å². The lowest BCUT2D eigenvalue weighted by Crippen LogP contribution is -2.06. The van der Waals surface area contributed by atoms with Crippen molar-refractivity contribution in [3.05, 3.63) is 0 Å². The van der Waals surface area contributed by atoms with Gasteiger partial charge in [-0.15, -0.1) is 0 Å². The molecule has 1 N–H and O–H groups in total. The second-order valence-electron chi connectivity index (χ2n) is 0.868. The maximum Gasteiger partial charge on any atom is 0.579 e. The minimum atomic E-state index is -2.53. The first-order chi connectivity index (χ1) is 3.27. The third-order valence-electron chi connectivity index (χ3n) is 0.480. The van der Waals surface area contributed by atoms with E-state index in [1.165, 1.54) is 0 Å². The van der Waals surface area contributed by atoms with E-state index in [0.717, 1.165) is 10.9 Å². The van der Waals surface area contributed by atoms with E-state index in [0.29, 0.717) is 0 Å². The van der Waals surface area contributed by atoms with Crippen LogP contribution >= 0.6 is 6.72 Å². The molecule has 0 saturated carbocycles. The largest absolute Gasteiger partial charge is 0.579 e. The summed E-state index contributed by atoms with van der Waals surface area (Å²) in [6, 6.07) is 0. The van der Waals surface area contributed by atoms with Crippen LogP contribution in [0.1, 0.15) is 0 Å². The Morgan fingerprint density at radius 3 is 2.14 bits per heavy atom. The molecule has 4 nitrogen and oxygen atoms in total. The van der Waals surface area contributed by atoms with Gasteiger partial charge in [0, 0.05) is 0 Å². The van der Waals surface area contributed by atoms with Crippen LogP contribution in [-0.2, 0) is 25.3 Å². The molecule has 0 radical (unpaired) electrons. The van der Waals surface area contributed by atoms with Crippen LogP contribution in [0.5, 0.6) is 0 Å². The first-order valence-electron chi connectivity index (χ1n) is 1.49. The molecule has 0 spiro atoms. The van der Waals surface area contributed by atoms with E-state index in [1.54, 1.807) is 6.26 Å². The average molecular weight is 143 g/mol. The Labute approximate surface area is 44.1 Å². The first-order valence-corrected chi connectivity index (χ1v) is 4.90.